The highest BCUT2D eigenvalue weighted by molar-refractivity contribution is 6.21. The summed E-state index contributed by atoms with van der Waals surface area (Å²) in [7, 11) is 1.46. The van der Waals surface area contributed by atoms with Crippen molar-refractivity contribution in [2.24, 2.45) is 5.92 Å². The van der Waals surface area contributed by atoms with Gasteiger partial charge in [-0.3, -0.25) is 19.2 Å². The Morgan fingerprint density at radius 1 is 1.12 bits per heavy atom. The van der Waals surface area contributed by atoms with E-state index in [9.17, 15) is 29.1 Å². The molecule has 0 radical (unpaired) electrons. The van der Waals surface area contributed by atoms with Gasteiger partial charge in [-0.05, 0) is 38.3 Å². The molecule has 1 heterocycles. The summed E-state index contributed by atoms with van der Waals surface area (Å²) in [6, 6.07) is -0.856. The van der Waals surface area contributed by atoms with E-state index in [0.29, 0.717) is 18.4 Å². The first kappa shape index (κ1) is 33.3. The highest BCUT2D eigenvalue weighted by Crippen LogP contribution is 2.24. The molecule has 1 aliphatic carbocycles. The minimum atomic E-state index is -0.969. The number of hydrogen-bond acceptors (Lipinski definition) is 8. The molecule has 0 fully saturated rings. The van der Waals surface area contributed by atoms with E-state index in [2.05, 4.69) is 10.6 Å². The Kier molecular flexibility index (Phi) is 13.3. The van der Waals surface area contributed by atoms with Gasteiger partial charge in [-0.1, -0.05) is 49.5 Å². The normalized spacial score (nSPS) is 29.2. The minimum absolute atomic E-state index is 0.0593. The third-order valence-electron chi connectivity index (χ3n) is 6.74. The lowest BCUT2D eigenvalue weighted by Gasteiger charge is -2.29. The number of carbonyl (C=O) groups is 5. The standard InChI is InChI=1S/C31H40N2O8/c1-19-12-11-13-23-16-24(35)17-26(30(23)38)33-28(36)18-25(40-5)14-9-7-6-8-10-15-27(20(2)29(19)37)41-31(39)21(3)32-22(4)34/h6-10,12,14,16-17,20-21,25,27,29,37H,11,13,15,18H2,1-5H3,(H,32,34)(H,33,36)/b7-6-,10-8-,14-9-,19-12-. The molecule has 0 saturated carbocycles. The minimum Gasteiger partial charge on any atom is -0.460 e. The number of aliphatic hydroxyl groups excluding tert-OH is 1. The number of ketones is 2. The van der Waals surface area contributed by atoms with E-state index in [-0.39, 0.29) is 30.0 Å². The van der Waals surface area contributed by atoms with Crippen LogP contribution in [0.25, 0.3) is 0 Å². The zero-order valence-electron chi connectivity index (χ0n) is 24.2. The molecule has 0 saturated heterocycles. The van der Waals surface area contributed by atoms with Crippen LogP contribution in [0.1, 0.15) is 53.4 Å². The van der Waals surface area contributed by atoms with Crippen LogP contribution in [0.2, 0.25) is 0 Å². The number of aliphatic hydroxyl groups is 1. The quantitative estimate of drug-likeness (QED) is 0.266. The maximum atomic E-state index is 12.9. The molecule has 5 unspecified atom stereocenters. The van der Waals surface area contributed by atoms with Gasteiger partial charge in [0, 0.05) is 38.0 Å². The summed E-state index contributed by atoms with van der Waals surface area (Å²) in [4.78, 5) is 61.8. The lowest BCUT2D eigenvalue weighted by molar-refractivity contribution is -0.156. The largest absolute Gasteiger partial charge is 0.460 e. The first-order valence-electron chi connectivity index (χ1n) is 13.6. The van der Waals surface area contributed by atoms with Crippen LogP contribution in [0.4, 0.5) is 0 Å². The molecule has 0 spiro atoms. The Bertz CT molecular complexity index is 1190. The zero-order chi connectivity index (χ0) is 30.5. The van der Waals surface area contributed by atoms with Crippen molar-refractivity contribution in [1.82, 2.24) is 10.6 Å². The van der Waals surface area contributed by atoms with Crippen LogP contribution in [0.15, 0.2) is 71.5 Å². The predicted octanol–water partition coefficient (Wildman–Crippen LogP) is 2.70. The fraction of sp³-hybridized carbons (Fsp3) is 0.452. The molecule has 5 atom stereocenters. The fourth-order valence-electron chi connectivity index (χ4n) is 4.34. The van der Waals surface area contributed by atoms with E-state index in [1.807, 2.05) is 0 Å². The van der Waals surface area contributed by atoms with Gasteiger partial charge in [0.15, 0.2) is 5.78 Å². The number of Topliss-reactive ketones (excluding diaryl/α,β-unsaturated/α-hetero) is 1. The van der Waals surface area contributed by atoms with Gasteiger partial charge < -0.3 is 25.2 Å². The number of carbonyl (C=O) groups excluding carboxylic acids is 5. The first-order chi connectivity index (χ1) is 19.4. The Hall–Kier alpha value is -3.89. The molecule has 1 aliphatic heterocycles. The molecule has 3 N–H and O–H groups in total. The van der Waals surface area contributed by atoms with Crippen molar-refractivity contribution in [3.8, 4) is 0 Å². The van der Waals surface area contributed by atoms with Crippen LogP contribution >= 0.6 is 0 Å². The molecule has 0 aromatic heterocycles. The highest BCUT2D eigenvalue weighted by Gasteiger charge is 2.30. The number of esters is 1. The van der Waals surface area contributed by atoms with Crippen LogP contribution < -0.4 is 10.6 Å². The number of rotatable bonds is 4. The van der Waals surface area contributed by atoms with Gasteiger partial charge in [-0.2, -0.15) is 0 Å². The van der Waals surface area contributed by atoms with E-state index in [0.717, 1.165) is 6.08 Å². The van der Waals surface area contributed by atoms with Crippen molar-refractivity contribution in [3.63, 3.8) is 0 Å². The molecule has 0 aromatic carbocycles. The Balaban J connectivity index is 2.34. The van der Waals surface area contributed by atoms with Gasteiger partial charge in [0.2, 0.25) is 17.6 Å². The van der Waals surface area contributed by atoms with Gasteiger partial charge in [0.1, 0.15) is 12.1 Å². The second kappa shape index (κ2) is 16.4. The van der Waals surface area contributed by atoms with Crippen molar-refractivity contribution in [2.75, 3.05) is 7.11 Å². The number of methoxy groups -OCH3 is 1. The van der Waals surface area contributed by atoms with Crippen molar-refractivity contribution >= 4 is 29.4 Å². The molecule has 2 bridgehead atoms. The predicted molar refractivity (Wildman–Crippen MR) is 153 cm³/mol. The average molecular weight is 569 g/mol. The molecule has 10 heteroatoms. The maximum Gasteiger partial charge on any atom is 0.328 e. The second-order valence-electron chi connectivity index (χ2n) is 10.1. The topological polar surface area (TPSA) is 148 Å². The average Bonchev–Trinajstić information content (AvgIpc) is 2.91. The van der Waals surface area contributed by atoms with Crippen LogP contribution in [-0.4, -0.2) is 65.9 Å². The number of hydrogen-bond donors (Lipinski definition) is 3. The first-order valence-corrected chi connectivity index (χ1v) is 13.6. The summed E-state index contributed by atoms with van der Waals surface area (Å²) in [5.74, 6) is -2.80. The van der Waals surface area contributed by atoms with Crippen LogP contribution in [0, 0.1) is 5.92 Å². The van der Waals surface area contributed by atoms with Gasteiger partial charge in [0.25, 0.3) is 0 Å². The molecule has 10 nitrogen and oxygen atoms in total. The van der Waals surface area contributed by atoms with Gasteiger partial charge in [-0.25, -0.2) is 4.79 Å². The number of ether oxygens (including phenoxy) is 2. The zero-order valence-corrected chi connectivity index (χ0v) is 24.2. The fourth-order valence-corrected chi connectivity index (χ4v) is 4.34. The maximum absolute atomic E-state index is 12.9. The molecule has 0 aromatic rings. The highest BCUT2D eigenvalue weighted by atomic mass is 16.5. The van der Waals surface area contributed by atoms with E-state index < -0.39 is 53.7 Å². The Labute approximate surface area is 240 Å². The van der Waals surface area contributed by atoms with E-state index in [1.54, 1.807) is 56.4 Å². The number of amides is 2. The van der Waals surface area contributed by atoms with E-state index in [4.69, 9.17) is 9.47 Å². The number of allylic oxidation sites excluding steroid dienone is 8. The summed E-state index contributed by atoms with van der Waals surface area (Å²) in [5.41, 5.74) is 0.778. The Morgan fingerprint density at radius 3 is 2.51 bits per heavy atom. The molecule has 2 amide bonds. The smallest absolute Gasteiger partial charge is 0.328 e. The number of nitrogens with one attached hydrogen (secondary N) is 2. The van der Waals surface area contributed by atoms with Crippen molar-refractivity contribution < 1.29 is 38.6 Å². The summed E-state index contributed by atoms with van der Waals surface area (Å²) >= 11 is 0. The van der Waals surface area contributed by atoms with Crippen LogP contribution in [0.3, 0.4) is 0 Å². The summed E-state index contributed by atoms with van der Waals surface area (Å²) in [6.45, 7) is 6.34. The molecule has 2 aliphatic rings. The second-order valence-corrected chi connectivity index (χ2v) is 10.1. The summed E-state index contributed by atoms with van der Waals surface area (Å²) < 4.78 is 11.0. The van der Waals surface area contributed by atoms with Crippen LogP contribution in [-0.2, 0) is 33.4 Å². The van der Waals surface area contributed by atoms with E-state index >= 15 is 0 Å². The van der Waals surface area contributed by atoms with Crippen molar-refractivity contribution in [2.45, 2.75) is 77.7 Å². The Morgan fingerprint density at radius 2 is 1.83 bits per heavy atom. The van der Waals surface area contributed by atoms with Gasteiger partial charge in [0.05, 0.1) is 24.3 Å². The third-order valence-corrected chi connectivity index (χ3v) is 6.74. The van der Waals surface area contributed by atoms with Crippen molar-refractivity contribution in [3.05, 3.63) is 71.5 Å². The summed E-state index contributed by atoms with van der Waals surface area (Å²) in [6.07, 6.45) is 13.2. The van der Waals surface area contributed by atoms with Gasteiger partial charge in [-0.15, -0.1) is 0 Å². The monoisotopic (exact) mass is 568 g/mol. The molecular formula is C31H40N2O8. The SMILES string of the molecule is COC1\C=C/C=C\C=C/CC(OC(=O)C(C)NC(C)=O)C(C)C(O)/C(C)=C\CCC2=CC(=O)C=C(NC(=O)C1)C2=O. The molecule has 222 valence electrons. The third kappa shape index (κ3) is 10.9. The molecular weight excluding hydrogens is 528 g/mol. The van der Waals surface area contributed by atoms with Gasteiger partial charge >= 0.3 is 5.97 Å². The van der Waals surface area contributed by atoms with E-state index in [1.165, 1.54) is 27.0 Å². The number of fused-ring (bicyclic) bond motifs is 2. The van der Waals surface area contributed by atoms with Crippen LogP contribution in [0.5, 0.6) is 0 Å². The molecule has 2 rings (SSSR count). The molecule has 41 heavy (non-hydrogen) atoms. The van der Waals surface area contributed by atoms with Crippen molar-refractivity contribution in [1.29, 1.82) is 0 Å². The summed E-state index contributed by atoms with van der Waals surface area (Å²) in [5, 5.41) is 16.1. The lowest BCUT2D eigenvalue weighted by Crippen LogP contribution is -2.42. The lowest BCUT2D eigenvalue weighted by atomic mass is 9.90.